The Bertz CT molecular complexity index is 1320. The van der Waals surface area contributed by atoms with Crippen LogP contribution in [0.3, 0.4) is 0 Å². The summed E-state index contributed by atoms with van der Waals surface area (Å²) in [4.78, 5) is 38.7. The molecule has 0 aliphatic carbocycles. The van der Waals surface area contributed by atoms with E-state index in [0.29, 0.717) is 56.3 Å². The highest BCUT2D eigenvalue weighted by molar-refractivity contribution is 7.89. The Morgan fingerprint density at radius 2 is 1.79 bits per heavy atom. The maximum Gasteiger partial charge on any atom is 0.317 e. The van der Waals surface area contributed by atoms with E-state index < -0.39 is 15.6 Å². The standard InChI is InChI=1S/C25H33N7O5S/c1-25(2)22(33)32-18-11-14-31(16-18)24(34)26-12-5-3-4-6-13-28-38(35,36)19-9-7-17(8-10-19)29-23-27-15-20(37-25)21(32)30-23/h7-10,15,18,28H,3-6,11-14,16H2,1-2H3,(H,26,34)(H,27,29,30)/t18-/m0/s1. The van der Waals surface area contributed by atoms with Gasteiger partial charge >= 0.3 is 6.03 Å². The summed E-state index contributed by atoms with van der Waals surface area (Å²) in [6.07, 6.45) is 5.37. The van der Waals surface area contributed by atoms with Gasteiger partial charge < -0.3 is 20.3 Å². The lowest BCUT2D eigenvalue weighted by molar-refractivity contribution is -0.133. The van der Waals surface area contributed by atoms with Crippen LogP contribution >= 0.6 is 0 Å². The first kappa shape index (κ1) is 26.2. The molecule has 1 fully saturated rings. The van der Waals surface area contributed by atoms with Gasteiger partial charge in [-0.05, 0) is 57.4 Å². The number of carbonyl (C=O) groups is 2. The summed E-state index contributed by atoms with van der Waals surface area (Å²) < 4.78 is 33.9. The minimum Gasteiger partial charge on any atom is -0.472 e. The van der Waals surface area contributed by atoms with Crippen molar-refractivity contribution >= 4 is 39.4 Å². The van der Waals surface area contributed by atoms with Gasteiger partial charge in [0.15, 0.2) is 17.2 Å². The van der Waals surface area contributed by atoms with Crippen LogP contribution in [0.2, 0.25) is 0 Å². The third-order valence-electron chi connectivity index (χ3n) is 6.97. The number of ether oxygens (including phenoxy) is 1. The number of benzene rings is 1. The predicted octanol–water partition coefficient (Wildman–Crippen LogP) is 2.36. The van der Waals surface area contributed by atoms with E-state index in [-0.39, 0.29) is 28.8 Å². The molecular weight excluding hydrogens is 510 g/mol. The van der Waals surface area contributed by atoms with E-state index in [0.717, 1.165) is 19.3 Å². The van der Waals surface area contributed by atoms with Crippen molar-refractivity contribution in [2.24, 2.45) is 0 Å². The molecule has 13 heteroatoms. The smallest absolute Gasteiger partial charge is 0.317 e. The lowest BCUT2D eigenvalue weighted by Gasteiger charge is -2.40. The van der Waals surface area contributed by atoms with Crippen LogP contribution < -0.4 is 25.0 Å². The number of urea groups is 1. The molecule has 3 N–H and O–H groups in total. The summed E-state index contributed by atoms with van der Waals surface area (Å²) in [5.41, 5.74) is -0.522. The van der Waals surface area contributed by atoms with Gasteiger partial charge in [-0.2, -0.15) is 4.98 Å². The van der Waals surface area contributed by atoms with Gasteiger partial charge in [-0.1, -0.05) is 12.8 Å². The SMILES string of the molecule is CC1(C)Oc2cnc3nc2N(C1=O)[C@H]1CCN(C1)C(=O)NCCCCCCNS(=O)(=O)c1ccc(cc1)N3. The van der Waals surface area contributed by atoms with Crippen LogP contribution in [-0.4, -0.2) is 73.0 Å². The number of carbonyl (C=O) groups excluding carboxylic acids is 2. The highest BCUT2D eigenvalue weighted by Gasteiger charge is 2.47. The summed E-state index contributed by atoms with van der Waals surface area (Å²) in [5.74, 6) is 0.710. The molecule has 3 amide bonds. The van der Waals surface area contributed by atoms with Crippen molar-refractivity contribution in [3.05, 3.63) is 30.5 Å². The van der Waals surface area contributed by atoms with Crippen molar-refractivity contribution in [3.63, 3.8) is 0 Å². The van der Waals surface area contributed by atoms with Crippen molar-refractivity contribution in [1.82, 2.24) is 24.9 Å². The van der Waals surface area contributed by atoms with E-state index in [1.54, 1.807) is 35.8 Å². The summed E-state index contributed by atoms with van der Waals surface area (Å²) in [6, 6.07) is 5.90. The zero-order chi connectivity index (χ0) is 26.9. The van der Waals surface area contributed by atoms with Crippen molar-refractivity contribution in [2.45, 2.75) is 62.5 Å². The van der Waals surface area contributed by atoms with Crippen LogP contribution in [0.5, 0.6) is 5.75 Å². The lowest BCUT2D eigenvalue weighted by atomic mass is 10.0. The molecule has 38 heavy (non-hydrogen) atoms. The number of rotatable bonds is 0. The van der Waals surface area contributed by atoms with Gasteiger partial charge in [-0.3, -0.25) is 9.69 Å². The van der Waals surface area contributed by atoms with Crippen molar-refractivity contribution < 1.29 is 22.7 Å². The largest absolute Gasteiger partial charge is 0.472 e. The van der Waals surface area contributed by atoms with E-state index >= 15 is 0 Å². The van der Waals surface area contributed by atoms with Crippen molar-refractivity contribution in [1.29, 1.82) is 0 Å². The van der Waals surface area contributed by atoms with Crippen LogP contribution in [0, 0.1) is 0 Å². The summed E-state index contributed by atoms with van der Waals surface area (Å²) in [5, 5.41) is 6.04. The van der Waals surface area contributed by atoms with Gasteiger partial charge in [0.1, 0.15) is 0 Å². The van der Waals surface area contributed by atoms with Gasteiger partial charge in [0.2, 0.25) is 16.0 Å². The van der Waals surface area contributed by atoms with Crippen LogP contribution in [-0.2, 0) is 14.8 Å². The number of amides is 3. The van der Waals surface area contributed by atoms with Gasteiger partial charge in [0, 0.05) is 31.9 Å². The van der Waals surface area contributed by atoms with Crippen LogP contribution in [0.1, 0.15) is 46.0 Å². The minimum atomic E-state index is -3.63. The Balaban J connectivity index is 1.46. The fourth-order valence-electron chi connectivity index (χ4n) is 4.89. The van der Waals surface area contributed by atoms with Gasteiger partial charge in [0.25, 0.3) is 5.91 Å². The molecule has 0 saturated carbocycles. The van der Waals surface area contributed by atoms with E-state index in [1.165, 1.54) is 18.3 Å². The molecule has 1 atom stereocenters. The van der Waals surface area contributed by atoms with E-state index in [1.807, 2.05) is 0 Å². The number of sulfonamides is 1. The third-order valence-corrected chi connectivity index (χ3v) is 8.45. The molecule has 0 unspecified atom stereocenters. The molecule has 6 rings (SSSR count). The zero-order valence-electron chi connectivity index (χ0n) is 21.6. The van der Waals surface area contributed by atoms with Crippen LogP contribution in [0.25, 0.3) is 0 Å². The number of nitrogens with zero attached hydrogens (tertiary/aromatic N) is 4. The highest BCUT2D eigenvalue weighted by Crippen LogP contribution is 2.39. The van der Waals surface area contributed by atoms with Crippen LogP contribution in [0.4, 0.5) is 22.2 Å². The molecule has 1 aromatic carbocycles. The number of nitrogens with one attached hydrogen (secondary N) is 3. The van der Waals surface area contributed by atoms with E-state index in [2.05, 4.69) is 25.3 Å². The minimum absolute atomic E-state index is 0.157. The first-order valence-electron chi connectivity index (χ1n) is 12.9. The second-order valence-electron chi connectivity index (χ2n) is 10.3. The average Bonchev–Trinajstić information content (AvgIpc) is 3.36. The van der Waals surface area contributed by atoms with E-state index in [4.69, 9.17) is 4.74 Å². The second kappa shape index (κ2) is 10.4. The quantitative estimate of drug-likeness (QED) is 0.459. The maximum atomic E-state index is 13.5. The summed E-state index contributed by atoms with van der Waals surface area (Å²) >= 11 is 0. The molecule has 1 saturated heterocycles. The predicted molar refractivity (Wildman–Crippen MR) is 141 cm³/mol. The Labute approximate surface area is 222 Å². The lowest BCUT2D eigenvalue weighted by Crippen LogP contribution is -2.57. The molecule has 0 radical (unpaired) electrons. The fraction of sp³-hybridized carbons (Fsp3) is 0.520. The average molecular weight is 544 g/mol. The maximum absolute atomic E-state index is 13.5. The van der Waals surface area contributed by atoms with E-state index in [9.17, 15) is 18.0 Å². The molecule has 4 aliphatic heterocycles. The highest BCUT2D eigenvalue weighted by atomic mass is 32.2. The Hall–Kier alpha value is -3.45. The van der Waals surface area contributed by atoms with Crippen molar-refractivity contribution in [3.8, 4) is 5.75 Å². The molecule has 12 nitrogen and oxygen atoms in total. The normalized spacial score (nSPS) is 23.5. The molecule has 0 spiro atoms. The number of aromatic nitrogens is 2. The van der Waals surface area contributed by atoms with Gasteiger partial charge in [-0.15, -0.1) is 0 Å². The zero-order valence-corrected chi connectivity index (χ0v) is 22.4. The molecular formula is C25H33N7O5S. The molecule has 204 valence electrons. The van der Waals surface area contributed by atoms with Crippen LogP contribution in [0.15, 0.2) is 35.4 Å². The molecule has 2 aromatic rings. The molecule has 4 aliphatic rings. The first-order chi connectivity index (χ1) is 18.1. The Kier molecular flexibility index (Phi) is 7.14. The second-order valence-corrected chi connectivity index (χ2v) is 12.0. The first-order valence-corrected chi connectivity index (χ1v) is 14.4. The van der Waals surface area contributed by atoms with Gasteiger partial charge in [-0.25, -0.2) is 22.9 Å². The van der Waals surface area contributed by atoms with Gasteiger partial charge in [0.05, 0.1) is 17.1 Å². The number of hydrogen-bond acceptors (Lipinski definition) is 8. The number of anilines is 3. The Morgan fingerprint density at radius 3 is 2.55 bits per heavy atom. The molecule has 1 aromatic heterocycles. The third kappa shape index (κ3) is 5.39. The van der Waals surface area contributed by atoms with Crippen molar-refractivity contribution in [2.75, 3.05) is 36.4 Å². The monoisotopic (exact) mass is 543 g/mol. The summed E-state index contributed by atoms with van der Waals surface area (Å²) in [7, 11) is -3.63. The topological polar surface area (TPSA) is 146 Å². The number of fused-ring (bicyclic) bond motifs is 11. The Morgan fingerprint density at radius 1 is 1.05 bits per heavy atom. The molecule has 5 heterocycles. The molecule has 6 bridgehead atoms. The summed E-state index contributed by atoms with van der Waals surface area (Å²) in [6.45, 7) is 5.21. The fourth-order valence-corrected chi connectivity index (χ4v) is 5.97. The number of hydrogen-bond donors (Lipinski definition) is 3.